The fourth-order valence-corrected chi connectivity index (χ4v) is 2.45. The van der Waals surface area contributed by atoms with Crippen molar-refractivity contribution in [3.63, 3.8) is 0 Å². The first kappa shape index (κ1) is 11.9. The van der Waals surface area contributed by atoms with Crippen molar-refractivity contribution in [2.75, 3.05) is 18.0 Å². The van der Waals surface area contributed by atoms with E-state index < -0.39 is 0 Å². The molecule has 0 bridgehead atoms. The van der Waals surface area contributed by atoms with Gasteiger partial charge in [-0.2, -0.15) is 5.10 Å². The highest BCUT2D eigenvalue weighted by molar-refractivity contribution is 5.96. The van der Waals surface area contributed by atoms with Gasteiger partial charge in [-0.15, -0.1) is 0 Å². The third kappa shape index (κ3) is 2.24. The molecule has 1 aromatic heterocycles. The molecule has 98 valence electrons. The minimum absolute atomic E-state index is 0.150. The molecular weight excluding hydrogens is 240 g/mol. The van der Waals surface area contributed by atoms with Crippen LogP contribution in [-0.4, -0.2) is 29.2 Å². The van der Waals surface area contributed by atoms with Gasteiger partial charge in [0.25, 0.3) is 0 Å². The van der Waals surface area contributed by atoms with Gasteiger partial charge in [-0.25, -0.2) is 0 Å². The molecule has 2 heterocycles. The Hall–Kier alpha value is -2.14. The highest BCUT2D eigenvalue weighted by Gasteiger charge is 2.29. The molecule has 5 heteroatoms. The first-order chi connectivity index (χ1) is 9.28. The summed E-state index contributed by atoms with van der Waals surface area (Å²) in [7, 11) is 0. The second-order valence-electron chi connectivity index (χ2n) is 4.83. The summed E-state index contributed by atoms with van der Waals surface area (Å²) in [4.78, 5) is 13.8. The molecule has 1 atom stereocenters. The van der Waals surface area contributed by atoms with Crippen molar-refractivity contribution < 1.29 is 4.79 Å². The summed E-state index contributed by atoms with van der Waals surface area (Å²) in [5.41, 5.74) is 8.55. The maximum Gasteiger partial charge on any atom is 0.227 e. The summed E-state index contributed by atoms with van der Waals surface area (Å²) in [6, 6.07) is 9.82. The minimum Gasteiger partial charge on any atom is -0.330 e. The van der Waals surface area contributed by atoms with E-state index in [-0.39, 0.29) is 11.8 Å². The highest BCUT2D eigenvalue weighted by Crippen LogP contribution is 2.28. The van der Waals surface area contributed by atoms with E-state index in [1.54, 1.807) is 6.20 Å². The number of H-pyrrole nitrogens is 1. The highest BCUT2D eigenvalue weighted by atomic mass is 16.2. The van der Waals surface area contributed by atoms with Crippen molar-refractivity contribution in [2.45, 2.75) is 6.42 Å². The van der Waals surface area contributed by atoms with Crippen LogP contribution in [0, 0.1) is 5.92 Å². The van der Waals surface area contributed by atoms with E-state index in [0.29, 0.717) is 19.5 Å². The smallest absolute Gasteiger partial charge is 0.227 e. The maximum atomic E-state index is 12.0. The number of hydrogen-bond acceptors (Lipinski definition) is 3. The van der Waals surface area contributed by atoms with Crippen LogP contribution in [0.15, 0.2) is 36.5 Å². The summed E-state index contributed by atoms with van der Waals surface area (Å²) in [5.74, 6) is 0.417. The number of carbonyl (C=O) groups is 1. The van der Waals surface area contributed by atoms with E-state index >= 15 is 0 Å². The SMILES string of the molecule is NCC1CC(=O)N(c2cccc(-c3ccn[nH]3)c2)C1. The van der Waals surface area contributed by atoms with E-state index in [4.69, 9.17) is 5.73 Å². The molecule has 3 rings (SSSR count). The predicted octanol–water partition coefficient (Wildman–Crippen LogP) is 1.39. The van der Waals surface area contributed by atoms with Crippen LogP contribution in [0.25, 0.3) is 11.3 Å². The quantitative estimate of drug-likeness (QED) is 0.871. The molecule has 1 fully saturated rings. The number of nitrogens with two attached hydrogens (primary N) is 1. The molecular formula is C14H16N4O. The third-order valence-electron chi connectivity index (χ3n) is 3.51. The molecule has 19 heavy (non-hydrogen) atoms. The molecule has 1 amide bonds. The Labute approximate surface area is 111 Å². The van der Waals surface area contributed by atoms with E-state index in [9.17, 15) is 4.79 Å². The first-order valence-electron chi connectivity index (χ1n) is 6.38. The number of nitrogens with zero attached hydrogens (tertiary/aromatic N) is 2. The molecule has 0 radical (unpaired) electrons. The Kier molecular flexibility index (Phi) is 3.05. The van der Waals surface area contributed by atoms with Gasteiger partial charge in [0.15, 0.2) is 0 Å². The summed E-state index contributed by atoms with van der Waals surface area (Å²) in [5, 5.41) is 6.87. The van der Waals surface area contributed by atoms with Crippen LogP contribution < -0.4 is 10.6 Å². The largest absolute Gasteiger partial charge is 0.330 e. The van der Waals surface area contributed by atoms with Crippen molar-refractivity contribution in [3.05, 3.63) is 36.5 Å². The number of anilines is 1. The lowest BCUT2D eigenvalue weighted by Crippen LogP contribution is -2.25. The average Bonchev–Trinajstić information content (AvgIpc) is 3.08. The number of hydrogen-bond donors (Lipinski definition) is 2. The molecule has 0 aliphatic carbocycles. The topological polar surface area (TPSA) is 75.0 Å². The zero-order valence-corrected chi connectivity index (χ0v) is 10.5. The fourth-order valence-electron chi connectivity index (χ4n) is 2.45. The lowest BCUT2D eigenvalue weighted by atomic mass is 10.1. The molecule has 1 saturated heterocycles. The van der Waals surface area contributed by atoms with Gasteiger partial charge in [-0.05, 0) is 30.7 Å². The van der Waals surface area contributed by atoms with Crippen molar-refractivity contribution in [1.82, 2.24) is 10.2 Å². The lowest BCUT2D eigenvalue weighted by Gasteiger charge is -2.17. The Balaban J connectivity index is 1.90. The van der Waals surface area contributed by atoms with Crippen LogP contribution in [0.4, 0.5) is 5.69 Å². The molecule has 1 aromatic carbocycles. The first-order valence-corrected chi connectivity index (χ1v) is 6.38. The summed E-state index contributed by atoms with van der Waals surface area (Å²) in [6.07, 6.45) is 2.26. The second kappa shape index (κ2) is 4.85. The van der Waals surface area contributed by atoms with Gasteiger partial charge in [0.05, 0.1) is 5.69 Å². The number of amides is 1. The monoisotopic (exact) mass is 256 g/mol. The van der Waals surface area contributed by atoms with Gasteiger partial charge in [0, 0.05) is 30.4 Å². The summed E-state index contributed by atoms with van der Waals surface area (Å²) in [6.45, 7) is 1.27. The zero-order valence-electron chi connectivity index (χ0n) is 10.5. The molecule has 2 aromatic rings. The second-order valence-corrected chi connectivity index (χ2v) is 4.83. The molecule has 1 unspecified atom stereocenters. The van der Waals surface area contributed by atoms with Crippen molar-refractivity contribution >= 4 is 11.6 Å². The number of aromatic nitrogens is 2. The van der Waals surface area contributed by atoms with Gasteiger partial charge in [-0.1, -0.05) is 12.1 Å². The summed E-state index contributed by atoms with van der Waals surface area (Å²) >= 11 is 0. The van der Waals surface area contributed by atoms with E-state index in [1.165, 1.54) is 0 Å². The average molecular weight is 256 g/mol. The number of nitrogens with one attached hydrogen (secondary N) is 1. The van der Waals surface area contributed by atoms with Gasteiger partial charge in [-0.3, -0.25) is 9.89 Å². The Morgan fingerprint density at radius 3 is 3.00 bits per heavy atom. The molecule has 0 spiro atoms. The normalized spacial score (nSPS) is 19.1. The van der Waals surface area contributed by atoms with Gasteiger partial charge in [0.2, 0.25) is 5.91 Å². The summed E-state index contributed by atoms with van der Waals surface area (Å²) < 4.78 is 0. The molecule has 1 aliphatic heterocycles. The van der Waals surface area contributed by atoms with Gasteiger partial charge < -0.3 is 10.6 Å². The van der Waals surface area contributed by atoms with Gasteiger partial charge >= 0.3 is 0 Å². The zero-order chi connectivity index (χ0) is 13.2. The number of benzene rings is 1. The maximum absolute atomic E-state index is 12.0. The fraction of sp³-hybridized carbons (Fsp3) is 0.286. The van der Waals surface area contributed by atoms with Crippen LogP contribution in [0.1, 0.15) is 6.42 Å². The van der Waals surface area contributed by atoms with E-state index in [1.807, 2.05) is 35.2 Å². The molecule has 1 aliphatic rings. The van der Waals surface area contributed by atoms with Crippen LogP contribution in [0.5, 0.6) is 0 Å². The predicted molar refractivity (Wildman–Crippen MR) is 73.5 cm³/mol. The molecule has 0 saturated carbocycles. The molecule has 5 nitrogen and oxygen atoms in total. The third-order valence-corrected chi connectivity index (χ3v) is 3.51. The van der Waals surface area contributed by atoms with Crippen LogP contribution in [0.3, 0.4) is 0 Å². The van der Waals surface area contributed by atoms with E-state index in [2.05, 4.69) is 10.2 Å². The Bertz CT molecular complexity index is 579. The molecule has 3 N–H and O–H groups in total. The lowest BCUT2D eigenvalue weighted by molar-refractivity contribution is -0.117. The Morgan fingerprint density at radius 2 is 2.32 bits per heavy atom. The standard InChI is InChI=1S/C14H16N4O/c15-8-10-6-14(19)18(9-10)12-3-1-2-11(7-12)13-4-5-16-17-13/h1-5,7,10H,6,8-9,15H2,(H,16,17). The van der Waals surface area contributed by atoms with Crippen LogP contribution in [-0.2, 0) is 4.79 Å². The van der Waals surface area contributed by atoms with Crippen molar-refractivity contribution in [2.24, 2.45) is 11.7 Å². The number of carbonyl (C=O) groups excluding carboxylic acids is 1. The van der Waals surface area contributed by atoms with E-state index in [0.717, 1.165) is 16.9 Å². The minimum atomic E-state index is 0.150. The van der Waals surface area contributed by atoms with Crippen LogP contribution >= 0.6 is 0 Å². The van der Waals surface area contributed by atoms with Gasteiger partial charge in [0.1, 0.15) is 0 Å². The van der Waals surface area contributed by atoms with Crippen LogP contribution in [0.2, 0.25) is 0 Å². The number of rotatable bonds is 3. The van der Waals surface area contributed by atoms with Crippen molar-refractivity contribution in [1.29, 1.82) is 0 Å². The Morgan fingerprint density at radius 1 is 1.42 bits per heavy atom. The number of aromatic amines is 1. The van der Waals surface area contributed by atoms with Crippen molar-refractivity contribution in [3.8, 4) is 11.3 Å².